The van der Waals surface area contributed by atoms with E-state index in [1.807, 2.05) is 0 Å². The van der Waals surface area contributed by atoms with Crippen molar-refractivity contribution in [3.8, 4) is 0 Å². The molecule has 118 valence electrons. The number of fused-ring (bicyclic) bond motifs is 5. The van der Waals surface area contributed by atoms with E-state index in [1.165, 1.54) is 37.7 Å². The Balaban J connectivity index is 1.71. The van der Waals surface area contributed by atoms with Crippen molar-refractivity contribution in [2.24, 2.45) is 29.1 Å². The minimum atomic E-state index is -0.0601. The number of ketones is 1. The van der Waals surface area contributed by atoms with Crippen molar-refractivity contribution in [2.75, 3.05) is 0 Å². The Morgan fingerprint density at radius 3 is 2.82 bits per heavy atom. The average Bonchev–Trinajstić information content (AvgIpc) is 2.79. The Kier molecular flexibility index (Phi) is 3.25. The van der Waals surface area contributed by atoms with Crippen molar-refractivity contribution in [1.82, 2.24) is 0 Å². The van der Waals surface area contributed by atoms with Gasteiger partial charge >= 0.3 is 0 Å². The molecule has 4 aliphatic rings. The quantitative estimate of drug-likeness (QED) is 0.477. The van der Waals surface area contributed by atoms with E-state index in [1.54, 1.807) is 5.57 Å². The van der Waals surface area contributed by atoms with Gasteiger partial charge in [0.15, 0.2) is 5.78 Å². The molecule has 0 N–H and O–H groups in total. The zero-order valence-corrected chi connectivity index (χ0v) is 13.9. The second-order valence-corrected chi connectivity index (χ2v) is 8.11. The SMILES string of the molecule is C=C1C[C@H]2[C@@H]3CCC4=CCCC(=C)[C@@H]4[C@H]3CC[C@]2(CC)C1=O. The second-order valence-electron chi connectivity index (χ2n) is 8.11. The van der Waals surface area contributed by atoms with Crippen LogP contribution in [0.4, 0.5) is 0 Å². The van der Waals surface area contributed by atoms with Crippen LogP contribution < -0.4 is 0 Å². The smallest absolute Gasteiger partial charge is 0.164 e. The molecule has 0 heterocycles. The summed E-state index contributed by atoms with van der Waals surface area (Å²) in [6, 6.07) is 0. The van der Waals surface area contributed by atoms with Crippen LogP contribution in [0.25, 0.3) is 0 Å². The minimum absolute atomic E-state index is 0.0601. The van der Waals surface area contributed by atoms with Gasteiger partial charge in [0.05, 0.1) is 0 Å². The summed E-state index contributed by atoms with van der Waals surface area (Å²) in [5.41, 5.74) is 4.00. The predicted octanol–water partition coefficient (Wildman–Crippen LogP) is 5.24. The maximum absolute atomic E-state index is 12.8. The fourth-order valence-corrected chi connectivity index (χ4v) is 6.46. The fourth-order valence-electron chi connectivity index (χ4n) is 6.46. The summed E-state index contributed by atoms with van der Waals surface area (Å²) in [7, 11) is 0. The Morgan fingerprint density at radius 2 is 2.05 bits per heavy atom. The lowest BCUT2D eigenvalue weighted by Gasteiger charge is -2.53. The van der Waals surface area contributed by atoms with Gasteiger partial charge in [0.1, 0.15) is 0 Å². The number of rotatable bonds is 1. The van der Waals surface area contributed by atoms with Crippen LogP contribution in [0.2, 0.25) is 0 Å². The van der Waals surface area contributed by atoms with E-state index in [4.69, 9.17) is 0 Å². The highest BCUT2D eigenvalue weighted by atomic mass is 16.1. The predicted molar refractivity (Wildman–Crippen MR) is 90.4 cm³/mol. The van der Waals surface area contributed by atoms with Gasteiger partial charge in [-0.05, 0) is 74.7 Å². The largest absolute Gasteiger partial charge is 0.294 e. The molecule has 0 aliphatic heterocycles. The van der Waals surface area contributed by atoms with Crippen LogP contribution in [-0.4, -0.2) is 5.78 Å². The maximum atomic E-state index is 12.8. The zero-order chi connectivity index (χ0) is 15.5. The van der Waals surface area contributed by atoms with E-state index >= 15 is 0 Å². The molecule has 0 radical (unpaired) electrons. The highest BCUT2D eigenvalue weighted by molar-refractivity contribution is 6.02. The highest BCUT2D eigenvalue weighted by Gasteiger charge is 2.58. The summed E-state index contributed by atoms with van der Waals surface area (Å²) in [4.78, 5) is 12.8. The Labute approximate surface area is 134 Å². The number of hydrogen-bond acceptors (Lipinski definition) is 1. The Bertz CT molecular complexity index is 581. The van der Waals surface area contributed by atoms with E-state index in [-0.39, 0.29) is 5.41 Å². The molecule has 0 saturated heterocycles. The molecular formula is C21H28O. The molecule has 4 aliphatic carbocycles. The van der Waals surface area contributed by atoms with E-state index in [0.717, 1.165) is 30.8 Å². The third-order valence-electron chi connectivity index (χ3n) is 7.48. The molecule has 0 bridgehead atoms. The first-order valence-electron chi connectivity index (χ1n) is 9.17. The van der Waals surface area contributed by atoms with Crippen molar-refractivity contribution < 1.29 is 4.79 Å². The lowest BCUT2D eigenvalue weighted by molar-refractivity contribution is -0.130. The molecule has 0 spiro atoms. The molecule has 3 saturated carbocycles. The monoisotopic (exact) mass is 296 g/mol. The summed E-state index contributed by atoms with van der Waals surface area (Å²) in [5.74, 6) is 3.06. The van der Waals surface area contributed by atoms with Crippen LogP contribution >= 0.6 is 0 Å². The first-order chi connectivity index (χ1) is 10.6. The molecule has 1 nitrogen and oxygen atoms in total. The topological polar surface area (TPSA) is 17.1 Å². The van der Waals surface area contributed by atoms with E-state index in [0.29, 0.717) is 23.5 Å². The Morgan fingerprint density at radius 1 is 1.23 bits per heavy atom. The molecule has 0 aromatic carbocycles. The summed E-state index contributed by atoms with van der Waals surface area (Å²) in [5, 5.41) is 0. The van der Waals surface area contributed by atoms with Gasteiger partial charge in [0, 0.05) is 11.3 Å². The molecule has 3 fully saturated rings. The van der Waals surface area contributed by atoms with Gasteiger partial charge in [-0.25, -0.2) is 0 Å². The highest BCUT2D eigenvalue weighted by Crippen LogP contribution is 2.63. The van der Waals surface area contributed by atoms with Gasteiger partial charge in [-0.3, -0.25) is 4.79 Å². The lowest BCUT2D eigenvalue weighted by atomic mass is 9.51. The van der Waals surface area contributed by atoms with Crippen molar-refractivity contribution in [1.29, 1.82) is 0 Å². The summed E-state index contributed by atoms with van der Waals surface area (Å²) >= 11 is 0. The standard InChI is InChI=1S/C21H28O/c1-4-21-11-10-17-16(18(21)12-14(3)20(21)22)9-8-15-7-5-6-13(2)19(15)17/h7,16-19H,2-6,8-12H2,1H3/t16-,17+,18+,19+,21+/m1/s1. The average molecular weight is 296 g/mol. The molecule has 4 rings (SSSR count). The minimum Gasteiger partial charge on any atom is -0.294 e. The molecule has 1 heteroatoms. The van der Waals surface area contributed by atoms with E-state index in [2.05, 4.69) is 26.2 Å². The maximum Gasteiger partial charge on any atom is 0.164 e. The van der Waals surface area contributed by atoms with Crippen molar-refractivity contribution >= 4 is 5.78 Å². The second kappa shape index (κ2) is 4.94. The molecule has 0 unspecified atom stereocenters. The molecule has 0 aromatic rings. The molecule has 5 atom stereocenters. The van der Waals surface area contributed by atoms with Gasteiger partial charge in [0.2, 0.25) is 0 Å². The van der Waals surface area contributed by atoms with Crippen molar-refractivity contribution in [3.63, 3.8) is 0 Å². The summed E-state index contributed by atoms with van der Waals surface area (Å²) < 4.78 is 0. The Hall–Kier alpha value is -1.11. The van der Waals surface area contributed by atoms with Gasteiger partial charge in [-0.15, -0.1) is 0 Å². The zero-order valence-electron chi connectivity index (χ0n) is 13.9. The van der Waals surface area contributed by atoms with Crippen molar-refractivity contribution in [2.45, 2.75) is 58.3 Å². The summed E-state index contributed by atoms with van der Waals surface area (Å²) in [6.45, 7) is 10.7. The van der Waals surface area contributed by atoms with Crippen LogP contribution in [0, 0.1) is 29.1 Å². The van der Waals surface area contributed by atoms with Crippen LogP contribution in [0.3, 0.4) is 0 Å². The molecule has 0 amide bonds. The van der Waals surface area contributed by atoms with Crippen LogP contribution in [-0.2, 0) is 4.79 Å². The van der Waals surface area contributed by atoms with Crippen LogP contribution in [0.15, 0.2) is 36.0 Å². The first kappa shape index (κ1) is 14.5. The van der Waals surface area contributed by atoms with E-state index < -0.39 is 0 Å². The summed E-state index contributed by atoms with van der Waals surface area (Å²) in [6.07, 6.45) is 11.7. The fraction of sp³-hybridized carbons (Fsp3) is 0.667. The third kappa shape index (κ3) is 1.74. The third-order valence-corrected chi connectivity index (χ3v) is 7.48. The van der Waals surface area contributed by atoms with Crippen LogP contribution in [0.1, 0.15) is 58.3 Å². The van der Waals surface area contributed by atoms with Crippen molar-refractivity contribution in [3.05, 3.63) is 36.0 Å². The van der Waals surface area contributed by atoms with Gasteiger partial charge in [-0.2, -0.15) is 0 Å². The number of Topliss-reactive ketones (excluding diaryl/α,β-unsaturated/α-hetero) is 1. The number of hydrogen-bond donors (Lipinski definition) is 0. The van der Waals surface area contributed by atoms with Crippen LogP contribution in [0.5, 0.6) is 0 Å². The normalized spacial score (nSPS) is 44.2. The van der Waals surface area contributed by atoms with Gasteiger partial charge < -0.3 is 0 Å². The molecular weight excluding hydrogens is 268 g/mol. The molecule has 0 aromatic heterocycles. The number of carbonyl (C=O) groups is 1. The number of allylic oxidation sites excluding steroid dienone is 4. The lowest BCUT2D eigenvalue weighted by Crippen LogP contribution is -2.47. The number of carbonyl (C=O) groups excluding carboxylic acids is 1. The van der Waals surface area contributed by atoms with Gasteiger partial charge in [0.25, 0.3) is 0 Å². The molecule has 22 heavy (non-hydrogen) atoms. The van der Waals surface area contributed by atoms with Gasteiger partial charge in [-0.1, -0.05) is 37.3 Å². The first-order valence-corrected chi connectivity index (χ1v) is 9.17. The van der Waals surface area contributed by atoms with E-state index in [9.17, 15) is 4.79 Å².